The lowest BCUT2D eigenvalue weighted by atomic mass is 10.1. The van der Waals surface area contributed by atoms with Gasteiger partial charge in [0.05, 0.1) is 0 Å². The van der Waals surface area contributed by atoms with Crippen LogP contribution in [0.4, 0.5) is 10.5 Å². The van der Waals surface area contributed by atoms with E-state index in [1.807, 2.05) is 59.8 Å². The van der Waals surface area contributed by atoms with Crippen molar-refractivity contribution in [2.75, 3.05) is 18.4 Å². The smallest absolute Gasteiger partial charge is 0.321 e. The van der Waals surface area contributed by atoms with Gasteiger partial charge < -0.3 is 14.8 Å². The second kappa shape index (κ2) is 6.20. The highest BCUT2D eigenvalue weighted by molar-refractivity contribution is 5.89. The fourth-order valence-corrected chi connectivity index (χ4v) is 3.49. The van der Waals surface area contributed by atoms with Crippen LogP contribution < -0.4 is 5.32 Å². The number of benzene rings is 1. The molecule has 1 fully saturated rings. The largest absolute Gasteiger partial charge is 0.324 e. The van der Waals surface area contributed by atoms with Crippen LogP contribution in [0.25, 0.3) is 11.2 Å². The summed E-state index contributed by atoms with van der Waals surface area (Å²) in [7, 11) is 1.99. The third-order valence-electron chi connectivity index (χ3n) is 4.77. The molecular weight excluding hydrogens is 314 g/mol. The van der Waals surface area contributed by atoms with E-state index < -0.39 is 0 Å². The summed E-state index contributed by atoms with van der Waals surface area (Å²) in [6, 6.07) is 11.7. The molecule has 6 heteroatoms. The first-order valence-corrected chi connectivity index (χ1v) is 8.52. The van der Waals surface area contributed by atoms with Gasteiger partial charge in [0.2, 0.25) is 0 Å². The Kier molecular flexibility index (Phi) is 3.87. The number of rotatable bonds is 2. The molecule has 3 aromatic rings. The maximum absolute atomic E-state index is 12.5. The van der Waals surface area contributed by atoms with Gasteiger partial charge in [0.15, 0.2) is 5.65 Å². The Balaban J connectivity index is 1.49. The zero-order valence-electron chi connectivity index (χ0n) is 14.4. The molecule has 1 atom stereocenters. The fraction of sp³-hybridized carbons (Fsp3) is 0.316. The first-order valence-electron chi connectivity index (χ1n) is 8.52. The fourth-order valence-electron chi connectivity index (χ4n) is 3.49. The van der Waals surface area contributed by atoms with Gasteiger partial charge in [-0.05, 0) is 43.2 Å². The highest BCUT2D eigenvalue weighted by Crippen LogP contribution is 2.28. The van der Waals surface area contributed by atoms with Gasteiger partial charge in [-0.25, -0.2) is 14.8 Å². The van der Waals surface area contributed by atoms with Crippen LogP contribution in [0, 0.1) is 6.92 Å². The van der Waals surface area contributed by atoms with Crippen LogP contribution in [0.15, 0.2) is 42.6 Å². The summed E-state index contributed by atoms with van der Waals surface area (Å²) in [5, 5.41) is 2.99. The minimum Gasteiger partial charge on any atom is -0.324 e. The summed E-state index contributed by atoms with van der Waals surface area (Å²) in [5.41, 5.74) is 3.76. The van der Waals surface area contributed by atoms with Gasteiger partial charge in [-0.3, -0.25) is 0 Å². The number of hydrogen-bond donors (Lipinski definition) is 1. The number of imidazole rings is 1. The second-order valence-electron chi connectivity index (χ2n) is 6.61. The van der Waals surface area contributed by atoms with Crippen LogP contribution in [0.3, 0.4) is 0 Å². The van der Waals surface area contributed by atoms with E-state index in [2.05, 4.69) is 10.3 Å². The molecule has 128 valence electrons. The lowest BCUT2D eigenvalue weighted by Crippen LogP contribution is -2.33. The van der Waals surface area contributed by atoms with Crippen molar-refractivity contribution in [2.45, 2.75) is 19.3 Å². The molecule has 1 aliphatic heterocycles. The van der Waals surface area contributed by atoms with Crippen LogP contribution >= 0.6 is 0 Å². The highest BCUT2D eigenvalue weighted by atomic mass is 16.2. The van der Waals surface area contributed by atoms with E-state index in [-0.39, 0.29) is 11.9 Å². The first-order chi connectivity index (χ1) is 12.1. The summed E-state index contributed by atoms with van der Waals surface area (Å²) in [4.78, 5) is 23.5. The van der Waals surface area contributed by atoms with E-state index in [1.54, 1.807) is 6.20 Å². The maximum atomic E-state index is 12.5. The van der Waals surface area contributed by atoms with E-state index in [4.69, 9.17) is 4.98 Å². The van der Waals surface area contributed by atoms with Gasteiger partial charge in [-0.1, -0.05) is 12.1 Å². The molecule has 0 radical (unpaired) electrons. The number of urea groups is 1. The normalized spacial score (nSPS) is 17.2. The summed E-state index contributed by atoms with van der Waals surface area (Å²) in [6.45, 7) is 3.43. The monoisotopic (exact) mass is 335 g/mol. The predicted octanol–water partition coefficient (Wildman–Crippen LogP) is 3.30. The quantitative estimate of drug-likeness (QED) is 0.781. The zero-order valence-corrected chi connectivity index (χ0v) is 14.4. The standard InChI is InChI=1S/C19H21N5O/c1-13-5-3-6-15(11-13)21-19(25)24-10-8-14(12-24)17-22-16-7-4-9-20-18(16)23(17)2/h3-7,9,11,14H,8,10,12H2,1-2H3,(H,21,25)/t14-/m1/s1. The van der Waals surface area contributed by atoms with Gasteiger partial charge in [0.1, 0.15) is 11.3 Å². The van der Waals surface area contributed by atoms with Crippen LogP contribution in [-0.2, 0) is 7.05 Å². The minimum atomic E-state index is -0.0509. The van der Waals surface area contributed by atoms with Crippen molar-refractivity contribution in [3.8, 4) is 0 Å². The summed E-state index contributed by atoms with van der Waals surface area (Å²) < 4.78 is 2.04. The van der Waals surface area contributed by atoms with E-state index in [0.717, 1.165) is 41.2 Å². The molecule has 1 aliphatic rings. The zero-order chi connectivity index (χ0) is 17.4. The molecular formula is C19H21N5O. The number of anilines is 1. The highest BCUT2D eigenvalue weighted by Gasteiger charge is 2.30. The average molecular weight is 335 g/mol. The summed E-state index contributed by atoms with van der Waals surface area (Å²) in [6.07, 6.45) is 2.70. The Morgan fingerprint density at radius 3 is 2.96 bits per heavy atom. The minimum absolute atomic E-state index is 0.0509. The summed E-state index contributed by atoms with van der Waals surface area (Å²) in [5.74, 6) is 1.24. The van der Waals surface area contributed by atoms with Crippen molar-refractivity contribution in [3.63, 3.8) is 0 Å². The Morgan fingerprint density at radius 2 is 2.16 bits per heavy atom. The van der Waals surface area contributed by atoms with Crippen LogP contribution in [-0.4, -0.2) is 38.6 Å². The molecule has 1 aromatic carbocycles. The molecule has 25 heavy (non-hydrogen) atoms. The number of carbonyl (C=O) groups is 1. The van der Waals surface area contributed by atoms with Crippen LogP contribution in [0.5, 0.6) is 0 Å². The molecule has 3 heterocycles. The SMILES string of the molecule is Cc1cccc(NC(=O)N2CC[C@@H](c3nc4cccnc4n3C)C2)c1. The number of amides is 2. The Hall–Kier alpha value is -2.89. The summed E-state index contributed by atoms with van der Waals surface area (Å²) >= 11 is 0. The van der Waals surface area contributed by atoms with Crippen molar-refractivity contribution < 1.29 is 4.79 Å². The molecule has 4 rings (SSSR count). The lowest BCUT2D eigenvalue weighted by Gasteiger charge is -2.17. The number of aromatic nitrogens is 3. The predicted molar refractivity (Wildman–Crippen MR) is 97.6 cm³/mol. The number of aryl methyl sites for hydroxylation is 2. The number of fused-ring (bicyclic) bond motifs is 1. The lowest BCUT2D eigenvalue weighted by molar-refractivity contribution is 0.222. The molecule has 0 bridgehead atoms. The molecule has 2 amide bonds. The van der Waals surface area contributed by atoms with E-state index >= 15 is 0 Å². The first kappa shape index (κ1) is 15.6. The second-order valence-corrected chi connectivity index (χ2v) is 6.61. The van der Waals surface area contributed by atoms with Crippen LogP contribution in [0.2, 0.25) is 0 Å². The van der Waals surface area contributed by atoms with Gasteiger partial charge in [-0.15, -0.1) is 0 Å². The van der Waals surface area contributed by atoms with Crippen molar-refractivity contribution in [3.05, 3.63) is 54.0 Å². The molecule has 0 spiro atoms. The molecule has 1 N–H and O–H groups in total. The van der Waals surface area contributed by atoms with Gasteiger partial charge in [0, 0.05) is 37.9 Å². The number of likely N-dealkylation sites (tertiary alicyclic amines) is 1. The Morgan fingerprint density at radius 1 is 1.28 bits per heavy atom. The topological polar surface area (TPSA) is 63.1 Å². The van der Waals surface area contributed by atoms with Crippen molar-refractivity contribution in [1.82, 2.24) is 19.4 Å². The number of hydrogen-bond acceptors (Lipinski definition) is 3. The Bertz CT molecular complexity index is 932. The number of nitrogens with zero attached hydrogens (tertiary/aromatic N) is 4. The number of nitrogens with one attached hydrogen (secondary N) is 1. The third-order valence-corrected chi connectivity index (χ3v) is 4.77. The molecule has 6 nitrogen and oxygen atoms in total. The van der Waals surface area contributed by atoms with Crippen molar-refractivity contribution in [1.29, 1.82) is 0 Å². The molecule has 2 aromatic heterocycles. The van der Waals surface area contributed by atoms with Gasteiger partial charge in [0.25, 0.3) is 0 Å². The third kappa shape index (κ3) is 2.95. The van der Waals surface area contributed by atoms with E-state index in [1.165, 1.54) is 0 Å². The average Bonchev–Trinajstić information content (AvgIpc) is 3.20. The number of pyridine rings is 1. The number of carbonyl (C=O) groups excluding carboxylic acids is 1. The van der Waals surface area contributed by atoms with Crippen molar-refractivity contribution >= 4 is 22.9 Å². The molecule has 0 saturated carbocycles. The molecule has 0 unspecified atom stereocenters. The van der Waals surface area contributed by atoms with Gasteiger partial charge in [-0.2, -0.15) is 0 Å². The molecule has 1 saturated heterocycles. The van der Waals surface area contributed by atoms with E-state index in [9.17, 15) is 4.79 Å². The van der Waals surface area contributed by atoms with Gasteiger partial charge >= 0.3 is 6.03 Å². The molecule has 0 aliphatic carbocycles. The van der Waals surface area contributed by atoms with E-state index in [0.29, 0.717) is 6.54 Å². The van der Waals surface area contributed by atoms with Crippen LogP contribution in [0.1, 0.15) is 23.7 Å². The Labute approximate surface area is 146 Å². The maximum Gasteiger partial charge on any atom is 0.321 e. The van der Waals surface area contributed by atoms with Crippen molar-refractivity contribution in [2.24, 2.45) is 7.05 Å².